The van der Waals surface area contributed by atoms with Gasteiger partial charge in [0.1, 0.15) is 5.82 Å². The molecule has 0 bridgehead atoms. The van der Waals surface area contributed by atoms with Crippen LogP contribution in [0.3, 0.4) is 0 Å². The quantitative estimate of drug-likeness (QED) is 0.310. The molecule has 4 N–H and O–H groups in total. The number of hydrogen-bond acceptors (Lipinski definition) is 3. The normalized spacial score (nSPS) is 9.75. The Bertz CT molecular complexity index is 451. The van der Waals surface area contributed by atoms with E-state index in [0.717, 1.165) is 6.07 Å². The molecule has 0 aliphatic heterocycles. The molecule has 5 nitrogen and oxygen atoms in total. The molecule has 0 aromatic heterocycles. The third kappa shape index (κ3) is 2.77. The molecular formula is C9H9BrFN3O2. The summed E-state index contributed by atoms with van der Waals surface area (Å²) in [5.41, 5.74) is 2.51. The average molecular weight is 290 g/mol. The van der Waals surface area contributed by atoms with Gasteiger partial charge in [-0.1, -0.05) is 0 Å². The summed E-state index contributed by atoms with van der Waals surface area (Å²) in [7, 11) is 0. The van der Waals surface area contributed by atoms with Crippen LogP contribution in [0.1, 0.15) is 5.56 Å². The van der Waals surface area contributed by atoms with Crippen molar-refractivity contribution in [3.63, 3.8) is 0 Å². The number of nitrogens with two attached hydrogens (primary N) is 1. The Hall–Kier alpha value is -1.47. The van der Waals surface area contributed by atoms with E-state index in [2.05, 4.69) is 21.2 Å². The van der Waals surface area contributed by atoms with Gasteiger partial charge in [-0.05, 0) is 40.5 Å². The lowest BCUT2D eigenvalue weighted by Crippen LogP contribution is -2.39. The van der Waals surface area contributed by atoms with Crippen LogP contribution in [0.15, 0.2) is 16.6 Å². The van der Waals surface area contributed by atoms with Gasteiger partial charge in [0.15, 0.2) is 0 Å². The van der Waals surface area contributed by atoms with Crippen LogP contribution in [0.25, 0.3) is 0 Å². The second-order valence-corrected chi connectivity index (χ2v) is 3.86. The lowest BCUT2D eigenvalue weighted by atomic mass is 10.2. The van der Waals surface area contributed by atoms with Crippen molar-refractivity contribution in [1.29, 1.82) is 0 Å². The summed E-state index contributed by atoms with van der Waals surface area (Å²) in [6.07, 6.45) is 0. The fourth-order valence-electron chi connectivity index (χ4n) is 1.03. The maximum absolute atomic E-state index is 13.2. The van der Waals surface area contributed by atoms with Gasteiger partial charge >= 0.3 is 11.8 Å². The molecule has 0 aliphatic carbocycles. The fraction of sp³-hybridized carbons (Fsp3) is 0.111. The maximum Gasteiger partial charge on any atom is 0.323 e. The molecule has 86 valence electrons. The standard InChI is InChI=1S/C9H9BrFN3O2/c1-4-2-5(10)6(11)3-7(4)13-8(15)9(16)14-12/h2-3H,12H2,1H3,(H,13,15)(H,14,16). The van der Waals surface area contributed by atoms with Gasteiger partial charge < -0.3 is 5.32 Å². The number of rotatable bonds is 1. The first-order valence-electron chi connectivity index (χ1n) is 4.23. The second-order valence-electron chi connectivity index (χ2n) is 3.01. The number of halogens is 2. The number of hydrazine groups is 1. The largest absolute Gasteiger partial charge is 0.323 e. The summed E-state index contributed by atoms with van der Waals surface area (Å²) in [5.74, 6) is 2.29. The van der Waals surface area contributed by atoms with Crippen molar-refractivity contribution in [2.24, 2.45) is 5.84 Å². The van der Waals surface area contributed by atoms with Crippen molar-refractivity contribution in [3.8, 4) is 0 Å². The van der Waals surface area contributed by atoms with E-state index in [-0.39, 0.29) is 10.2 Å². The van der Waals surface area contributed by atoms with Gasteiger partial charge in [-0.3, -0.25) is 15.0 Å². The predicted octanol–water partition coefficient (Wildman–Crippen LogP) is 0.825. The zero-order chi connectivity index (χ0) is 12.3. The molecule has 2 amide bonds. The van der Waals surface area contributed by atoms with E-state index in [0.29, 0.717) is 5.56 Å². The van der Waals surface area contributed by atoms with Gasteiger partial charge in [-0.2, -0.15) is 0 Å². The number of hydrogen-bond donors (Lipinski definition) is 3. The monoisotopic (exact) mass is 289 g/mol. The van der Waals surface area contributed by atoms with E-state index in [1.165, 1.54) is 6.07 Å². The molecule has 0 fully saturated rings. The van der Waals surface area contributed by atoms with Crippen LogP contribution in [0.5, 0.6) is 0 Å². The molecule has 0 saturated carbocycles. The molecule has 0 radical (unpaired) electrons. The van der Waals surface area contributed by atoms with E-state index < -0.39 is 17.6 Å². The Kier molecular flexibility index (Phi) is 3.97. The van der Waals surface area contributed by atoms with Gasteiger partial charge in [0.2, 0.25) is 0 Å². The first-order chi connectivity index (χ1) is 7.45. The van der Waals surface area contributed by atoms with Gasteiger partial charge in [0.25, 0.3) is 0 Å². The van der Waals surface area contributed by atoms with E-state index in [1.807, 2.05) is 0 Å². The Morgan fingerprint density at radius 2 is 2.00 bits per heavy atom. The van der Waals surface area contributed by atoms with Gasteiger partial charge in [0.05, 0.1) is 4.47 Å². The number of nitrogens with one attached hydrogen (secondary N) is 2. The summed E-state index contributed by atoms with van der Waals surface area (Å²) in [5, 5.41) is 2.24. The van der Waals surface area contributed by atoms with E-state index in [1.54, 1.807) is 12.3 Å². The summed E-state index contributed by atoms with van der Waals surface area (Å²) in [6.45, 7) is 1.67. The fourth-order valence-corrected chi connectivity index (χ4v) is 1.48. The van der Waals surface area contributed by atoms with Crippen molar-refractivity contribution >= 4 is 33.4 Å². The van der Waals surface area contributed by atoms with Gasteiger partial charge in [0, 0.05) is 5.69 Å². The third-order valence-corrected chi connectivity index (χ3v) is 2.46. The molecule has 0 saturated heterocycles. The number of carbonyl (C=O) groups excluding carboxylic acids is 2. The van der Waals surface area contributed by atoms with Crippen LogP contribution in [-0.4, -0.2) is 11.8 Å². The van der Waals surface area contributed by atoms with Crippen LogP contribution in [0.4, 0.5) is 10.1 Å². The van der Waals surface area contributed by atoms with Crippen molar-refractivity contribution in [2.45, 2.75) is 6.92 Å². The molecule has 0 spiro atoms. The van der Waals surface area contributed by atoms with Crippen LogP contribution in [0.2, 0.25) is 0 Å². The highest BCUT2D eigenvalue weighted by atomic mass is 79.9. The van der Waals surface area contributed by atoms with Crippen molar-refractivity contribution in [3.05, 3.63) is 28.0 Å². The Balaban J connectivity index is 2.94. The molecule has 1 aromatic rings. The second kappa shape index (κ2) is 5.04. The molecule has 0 aliphatic rings. The molecular weight excluding hydrogens is 281 g/mol. The van der Waals surface area contributed by atoms with Gasteiger partial charge in [-0.15, -0.1) is 0 Å². The van der Waals surface area contributed by atoms with Crippen molar-refractivity contribution < 1.29 is 14.0 Å². The Labute approximate surface area is 99.3 Å². The van der Waals surface area contributed by atoms with Crippen molar-refractivity contribution in [2.75, 3.05) is 5.32 Å². The zero-order valence-corrected chi connectivity index (χ0v) is 9.89. The molecule has 7 heteroatoms. The highest BCUT2D eigenvalue weighted by molar-refractivity contribution is 9.10. The first-order valence-corrected chi connectivity index (χ1v) is 5.02. The molecule has 1 aromatic carbocycles. The van der Waals surface area contributed by atoms with Crippen LogP contribution in [-0.2, 0) is 9.59 Å². The zero-order valence-electron chi connectivity index (χ0n) is 8.30. The summed E-state index contributed by atoms with van der Waals surface area (Å²) >= 11 is 3.00. The van der Waals surface area contributed by atoms with E-state index >= 15 is 0 Å². The minimum Gasteiger partial charge on any atom is -0.317 e. The van der Waals surface area contributed by atoms with E-state index in [9.17, 15) is 14.0 Å². The number of carbonyl (C=O) groups is 2. The van der Waals surface area contributed by atoms with Crippen LogP contribution in [0, 0.1) is 12.7 Å². The topological polar surface area (TPSA) is 84.2 Å². The third-order valence-electron chi connectivity index (χ3n) is 1.85. The Morgan fingerprint density at radius 3 is 2.56 bits per heavy atom. The minimum atomic E-state index is -0.997. The van der Waals surface area contributed by atoms with Gasteiger partial charge in [-0.25, -0.2) is 10.2 Å². The maximum atomic E-state index is 13.2. The highest BCUT2D eigenvalue weighted by Gasteiger charge is 2.14. The molecule has 0 heterocycles. The smallest absolute Gasteiger partial charge is 0.317 e. The Morgan fingerprint density at radius 1 is 1.38 bits per heavy atom. The van der Waals surface area contributed by atoms with Crippen LogP contribution >= 0.6 is 15.9 Å². The number of aryl methyl sites for hydroxylation is 1. The lowest BCUT2D eigenvalue weighted by Gasteiger charge is -2.08. The highest BCUT2D eigenvalue weighted by Crippen LogP contribution is 2.23. The molecule has 0 unspecified atom stereocenters. The van der Waals surface area contributed by atoms with Crippen molar-refractivity contribution in [1.82, 2.24) is 5.43 Å². The van der Waals surface area contributed by atoms with E-state index in [4.69, 9.17) is 5.84 Å². The SMILES string of the molecule is Cc1cc(Br)c(F)cc1NC(=O)C(=O)NN. The average Bonchev–Trinajstić information content (AvgIpc) is 2.24. The van der Waals surface area contributed by atoms with Crippen LogP contribution < -0.4 is 16.6 Å². The number of benzene rings is 1. The molecule has 1 rings (SSSR count). The molecule has 16 heavy (non-hydrogen) atoms. The predicted molar refractivity (Wildman–Crippen MR) is 59.8 cm³/mol. The summed E-state index contributed by atoms with van der Waals surface area (Å²) < 4.78 is 13.5. The summed E-state index contributed by atoms with van der Waals surface area (Å²) in [6, 6.07) is 2.60. The number of anilines is 1. The minimum absolute atomic E-state index is 0.217. The summed E-state index contributed by atoms with van der Waals surface area (Å²) in [4.78, 5) is 22.0. The number of amides is 2. The molecule has 0 atom stereocenters. The first kappa shape index (κ1) is 12.6. The lowest BCUT2D eigenvalue weighted by molar-refractivity contribution is -0.136.